The molecule has 1 N–H and O–H groups in total. The van der Waals surface area contributed by atoms with Gasteiger partial charge in [-0.3, -0.25) is 0 Å². The molecule has 0 radical (unpaired) electrons. The Morgan fingerprint density at radius 1 is 1.41 bits per heavy atom. The Kier molecular flexibility index (Phi) is 4.18. The molecule has 0 aliphatic carbocycles. The van der Waals surface area contributed by atoms with Crippen molar-refractivity contribution < 1.29 is 0 Å². The van der Waals surface area contributed by atoms with Crippen LogP contribution in [0.15, 0.2) is 36.7 Å². The van der Waals surface area contributed by atoms with Crippen molar-refractivity contribution in [1.82, 2.24) is 15.1 Å². The van der Waals surface area contributed by atoms with Crippen LogP contribution in [0.1, 0.15) is 18.9 Å². The van der Waals surface area contributed by atoms with Crippen LogP contribution >= 0.6 is 11.6 Å². The van der Waals surface area contributed by atoms with Crippen LogP contribution < -0.4 is 5.32 Å². The molecule has 0 saturated heterocycles. The van der Waals surface area contributed by atoms with Gasteiger partial charge in [-0.2, -0.15) is 5.10 Å². The first-order valence-corrected chi connectivity index (χ1v) is 6.18. The van der Waals surface area contributed by atoms with E-state index < -0.39 is 0 Å². The van der Waals surface area contributed by atoms with Crippen molar-refractivity contribution in [1.29, 1.82) is 0 Å². The summed E-state index contributed by atoms with van der Waals surface area (Å²) in [4.78, 5) is 0. The maximum Gasteiger partial charge on any atom is 0.0705 e. The van der Waals surface area contributed by atoms with Crippen LogP contribution in [0.25, 0.3) is 5.69 Å². The number of benzene rings is 1. The van der Waals surface area contributed by atoms with Gasteiger partial charge in [0.25, 0.3) is 0 Å². The molecule has 2 aromatic rings. The zero-order valence-electron chi connectivity index (χ0n) is 9.86. The fourth-order valence-corrected chi connectivity index (χ4v) is 1.88. The van der Waals surface area contributed by atoms with Crippen LogP contribution in [-0.2, 0) is 6.54 Å². The number of nitrogens with one attached hydrogen (secondary N) is 1. The fraction of sp³-hybridized carbons (Fsp3) is 0.308. The van der Waals surface area contributed by atoms with E-state index in [0.29, 0.717) is 0 Å². The number of hydrogen-bond donors (Lipinski definition) is 1. The Hall–Kier alpha value is -1.32. The molecule has 0 aliphatic rings. The maximum atomic E-state index is 6.03. The lowest BCUT2D eigenvalue weighted by molar-refractivity contribution is 0.670. The highest BCUT2D eigenvalue weighted by atomic mass is 35.5. The van der Waals surface area contributed by atoms with Crippen LogP contribution in [0.4, 0.5) is 0 Å². The SMILES string of the molecule is CCCNCc1ccc(Cl)cc1-n1cccn1. The van der Waals surface area contributed by atoms with Gasteiger partial charge in [-0.1, -0.05) is 24.6 Å². The Bertz CT molecular complexity index is 466. The van der Waals surface area contributed by atoms with Gasteiger partial charge in [-0.05, 0) is 36.7 Å². The standard InChI is InChI=1S/C13H16ClN3/c1-2-6-15-10-11-4-5-12(14)9-13(11)17-8-3-7-16-17/h3-5,7-9,15H,2,6,10H2,1H3. The highest BCUT2D eigenvalue weighted by molar-refractivity contribution is 6.30. The maximum absolute atomic E-state index is 6.03. The summed E-state index contributed by atoms with van der Waals surface area (Å²) < 4.78 is 1.84. The Morgan fingerprint density at radius 2 is 2.29 bits per heavy atom. The smallest absolute Gasteiger partial charge is 0.0705 e. The van der Waals surface area contributed by atoms with E-state index in [1.165, 1.54) is 5.56 Å². The van der Waals surface area contributed by atoms with Crippen LogP contribution in [0.3, 0.4) is 0 Å². The minimum Gasteiger partial charge on any atom is -0.313 e. The first-order chi connectivity index (χ1) is 8.31. The third-order valence-corrected chi connectivity index (χ3v) is 2.78. The zero-order valence-corrected chi connectivity index (χ0v) is 10.6. The highest BCUT2D eigenvalue weighted by Gasteiger charge is 2.05. The molecular weight excluding hydrogens is 234 g/mol. The van der Waals surface area contributed by atoms with E-state index in [0.717, 1.165) is 30.2 Å². The predicted octanol–water partition coefficient (Wildman–Crippen LogP) is 3.03. The van der Waals surface area contributed by atoms with Crippen molar-refractivity contribution in [3.05, 3.63) is 47.2 Å². The van der Waals surface area contributed by atoms with Gasteiger partial charge in [-0.25, -0.2) is 4.68 Å². The second-order valence-electron chi connectivity index (χ2n) is 3.90. The lowest BCUT2D eigenvalue weighted by Crippen LogP contribution is -2.15. The topological polar surface area (TPSA) is 29.9 Å². The molecule has 0 saturated carbocycles. The summed E-state index contributed by atoms with van der Waals surface area (Å²) in [6.45, 7) is 4.00. The molecule has 4 heteroatoms. The Balaban J connectivity index is 2.25. The van der Waals surface area contributed by atoms with Crippen molar-refractivity contribution in [3.63, 3.8) is 0 Å². The molecule has 3 nitrogen and oxygen atoms in total. The van der Waals surface area contributed by atoms with Crippen LogP contribution in [-0.4, -0.2) is 16.3 Å². The van der Waals surface area contributed by atoms with E-state index >= 15 is 0 Å². The summed E-state index contributed by atoms with van der Waals surface area (Å²) in [5.41, 5.74) is 2.23. The number of nitrogens with zero attached hydrogens (tertiary/aromatic N) is 2. The zero-order chi connectivity index (χ0) is 12.1. The second kappa shape index (κ2) is 5.84. The molecule has 0 amide bonds. The van der Waals surface area contributed by atoms with Gasteiger partial charge < -0.3 is 5.32 Å². The summed E-state index contributed by atoms with van der Waals surface area (Å²) in [5, 5.41) is 8.37. The highest BCUT2D eigenvalue weighted by Crippen LogP contribution is 2.19. The Morgan fingerprint density at radius 3 is 3.00 bits per heavy atom. The van der Waals surface area contributed by atoms with E-state index in [1.54, 1.807) is 6.20 Å². The van der Waals surface area contributed by atoms with Gasteiger partial charge in [0.2, 0.25) is 0 Å². The molecule has 0 fully saturated rings. The lowest BCUT2D eigenvalue weighted by Gasteiger charge is -2.10. The predicted molar refractivity (Wildman–Crippen MR) is 70.6 cm³/mol. The van der Waals surface area contributed by atoms with Crippen LogP contribution in [0, 0.1) is 0 Å². The summed E-state index contributed by atoms with van der Waals surface area (Å²) in [6.07, 6.45) is 4.82. The van der Waals surface area contributed by atoms with Gasteiger partial charge >= 0.3 is 0 Å². The molecule has 1 heterocycles. The van der Waals surface area contributed by atoms with E-state index in [1.807, 2.05) is 35.1 Å². The number of hydrogen-bond acceptors (Lipinski definition) is 2. The Labute approximate surface area is 106 Å². The average Bonchev–Trinajstić information content (AvgIpc) is 2.85. The van der Waals surface area contributed by atoms with E-state index in [4.69, 9.17) is 11.6 Å². The minimum atomic E-state index is 0.731. The average molecular weight is 250 g/mol. The van der Waals surface area contributed by atoms with Gasteiger partial charge in [0.05, 0.1) is 5.69 Å². The third kappa shape index (κ3) is 3.08. The van der Waals surface area contributed by atoms with Gasteiger partial charge in [0.1, 0.15) is 0 Å². The molecule has 2 rings (SSSR count). The molecular formula is C13H16ClN3. The molecule has 0 spiro atoms. The normalized spacial score (nSPS) is 10.7. The van der Waals surface area contributed by atoms with E-state index in [9.17, 15) is 0 Å². The van der Waals surface area contributed by atoms with Crippen LogP contribution in [0.2, 0.25) is 5.02 Å². The molecule has 0 aliphatic heterocycles. The van der Waals surface area contributed by atoms with E-state index in [-0.39, 0.29) is 0 Å². The summed E-state index contributed by atoms with van der Waals surface area (Å²) in [6, 6.07) is 7.81. The van der Waals surface area contributed by atoms with Crippen molar-refractivity contribution in [3.8, 4) is 5.69 Å². The molecule has 0 bridgehead atoms. The largest absolute Gasteiger partial charge is 0.313 e. The fourth-order valence-electron chi connectivity index (χ4n) is 1.71. The second-order valence-corrected chi connectivity index (χ2v) is 4.34. The number of halogens is 1. The van der Waals surface area contributed by atoms with Crippen molar-refractivity contribution in [2.24, 2.45) is 0 Å². The summed E-state index contributed by atoms with van der Waals surface area (Å²) in [5.74, 6) is 0. The van der Waals surface area contributed by atoms with Gasteiger partial charge in [-0.15, -0.1) is 0 Å². The van der Waals surface area contributed by atoms with Gasteiger partial charge in [0, 0.05) is 24.0 Å². The third-order valence-electron chi connectivity index (χ3n) is 2.54. The van der Waals surface area contributed by atoms with Crippen molar-refractivity contribution in [2.45, 2.75) is 19.9 Å². The van der Waals surface area contributed by atoms with Crippen molar-refractivity contribution in [2.75, 3.05) is 6.54 Å². The van der Waals surface area contributed by atoms with Gasteiger partial charge in [0.15, 0.2) is 0 Å². The molecule has 17 heavy (non-hydrogen) atoms. The number of rotatable bonds is 5. The summed E-state index contributed by atoms with van der Waals surface area (Å²) in [7, 11) is 0. The molecule has 1 aromatic heterocycles. The lowest BCUT2D eigenvalue weighted by atomic mass is 10.1. The molecule has 0 atom stereocenters. The van der Waals surface area contributed by atoms with Crippen molar-refractivity contribution >= 4 is 11.6 Å². The van der Waals surface area contributed by atoms with Crippen LogP contribution in [0.5, 0.6) is 0 Å². The monoisotopic (exact) mass is 249 g/mol. The quantitative estimate of drug-likeness (QED) is 0.826. The summed E-state index contributed by atoms with van der Waals surface area (Å²) >= 11 is 6.03. The first-order valence-electron chi connectivity index (χ1n) is 5.80. The minimum absolute atomic E-state index is 0.731. The number of aromatic nitrogens is 2. The first kappa shape index (κ1) is 12.1. The van der Waals surface area contributed by atoms with E-state index in [2.05, 4.69) is 17.3 Å². The molecule has 90 valence electrons. The molecule has 0 unspecified atom stereocenters. The molecule has 1 aromatic carbocycles.